The molecule has 0 radical (unpaired) electrons. The fraction of sp³-hybridized carbons (Fsp3) is 0.481. The number of carbonyl (C=O) groups excluding carboxylic acids is 1. The predicted octanol–water partition coefficient (Wildman–Crippen LogP) is 3.10. The van der Waals surface area contributed by atoms with E-state index in [-0.39, 0.29) is 12.5 Å². The van der Waals surface area contributed by atoms with E-state index in [1.807, 2.05) is 70.2 Å². The fourth-order valence-electron chi connectivity index (χ4n) is 5.29. The van der Waals surface area contributed by atoms with Crippen LogP contribution < -0.4 is 5.32 Å². The number of carbonyl (C=O) groups is 1. The minimum Gasteiger partial charge on any atom is -0.347 e. The second kappa shape index (κ2) is 8.64. The molecular formula is C27H31N3O6. The number of imidazole rings is 1. The highest BCUT2D eigenvalue weighted by Crippen LogP contribution is 2.44. The molecule has 1 N–H and O–H groups in total. The summed E-state index contributed by atoms with van der Waals surface area (Å²) in [6.07, 6.45) is -3.23. The van der Waals surface area contributed by atoms with Crippen molar-refractivity contribution in [1.29, 1.82) is 0 Å². The largest absolute Gasteiger partial charge is 0.347 e. The molecule has 3 saturated heterocycles. The number of rotatable bonds is 5. The molecule has 1 amide bonds. The molecular weight excluding hydrogens is 462 g/mol. The van der Waals surface area contributed by atoms with Gasteiger partial charge in [0.1, 0.15) is 24.1 Å². The first-order valence-electron chi connectivity index (χ1n) is 12.3. The molecule has 9 nitrogen and oxygen atoms in total. The highest BCUT2D eigenvalue weighted by Gasteiger charge is 2.62. The molecule has 9 heteroatoms. The minimum atomic E-state index is -0.914. The average Bonchev–Trinajstić information content (AvgIpc) is 3.46. The highest BCUT2D eigenvalue weighted by molar-refractivity contribution is 5.82. The van der Waals surface area contributed by atoms with Gasteiger partial charge in [-0.25, -0.2) is 4.98 Å². The van der Waals surface area contributed by atoms with Gasteiger partial charge in [-0.15, -0.1) is 0 Å². The van der Waals surface area contributed by atoms with Gasteiger partial charge in [-0.2, -0.15) is 0 Å². The lowest BCUT2D eigenvalue weighted by atomic mass is 9.98. The first-order valence-corrected chi connectivity index (χ1v) is 12.3. The van der Waals surface area contributed by atoms with Crippen LogP contribution in [0.3, 0.4) is 0 Å². The summed E-state index contributed by atoms with van der Waals surface area (Å²) in [4.78, 5) is 18.2. The van der Waals surface area contributed by atoms with E-state index in [1.165, 1.54) is 0 Å². The van der Waals surface area contributed by atoms with Crippen molar-refractivity contribution in [2.24, 2.45) is 0 Å². The van der Waals surface area contributed by atoms with Crippen LogP contribution in [-0.4, -0.2) is 57.7 Å². The smallest absolute Gasteiger partial charge is 0.252 e. The summed E-state index contributed by atoms with van der Waals surface area (Å²) in [5, 5.41) is 3.02. The SMILES string of the molecule is CC1(C)O[C@@H]2O[C@@H](C(=O)NCc3nc4ccccc4n3Cc3ccccc3)[C@H]3OC(C)(C)O[C@H]3[C@H]2O1. The summed E-state index contributed by atoms with van der Waals surface area (Å²) in [5.41, 5.74) is 3.04. The number of aromatic nitrogens is 2. The van der Waals surface area contributed by atoms with E-state index in [0.717, 1.165) is 22.4 Å². The maximum Gasteiger partial charge on any atom is 0.252 e. The summed E-state index contributed by atoms with van der Waals surface area (Å²) in [6.45, 7) is 8.16. The summed E-state index contributed by atoms with van der Waals surface area (Å²) in [7, 11) is 0. The van der Waals surface area contributed by atoms with Gasteiger partial charge >= 0.3 is 0 Å². The summed E-state index contributed by atoms with van der Waals surface area (Å²) in [5.74, 6) is -1.27. The van der Waals surface area contributed by atoms with Crippen molar-refractivity contribution in [1.82, 2.24) is 14.9 Å². The van der Waals surface area contributed by atoms with Crippen LogP contribution in [-0.2, 0) is 41.6 Å². The van der Waals surface area contributed by atoms with Gasteiger partial charge in [0, 0.05) is 6.54 Å². The molecule has 36 heavy (non-hydrogen) atoms. The molecule has 3 aromatic rings. The fourth-order valence-corrected chi connectivity index (χ4v) is 5.29. The Balaban J connectivity index is 1.23. The Labute approximate surface area is 209 Å². The number of nitrogens with one attached hydrogen (secondary N) is 1. The van der Waals surface area contributed by atoms with Crippen LogP contribution in [0.25, 0.3) is 11.0 Å². The number of para-hydroxylation sites is 2. The van der Waals surface area contributed by atoms with Crippen LogP contribution in [0, 0.1) is 0 Å². The Morgan fingerprint density at radius 1 is 0.889 bits per heavy atom. The topological polar surface area (TPSA) is 93.1 Å². The minimum absolute atomic E-state index is 0.235. The monoisotopic (exact) mass is 493 g/mol. The zero-order chi connectivity index (χ0) is 25.1. The van der Waals surface area contributed by atoms with Crippen molar-refractivity contribution in [2.45, 2.75) is 83.1 Å². The van der Waals surface area contributed by atoms with Crippen LogP contribution in [0.1, 0.15) is 39.1 Å². The maximum absolute atomic E-state index is 13.5. The number of benzene rings is 2. The molecule has 2 aromatic carbocycles. The number of fused-ring (bicyclic) bond motifs is 4. The molecule has 3 aliphatic heterocycles. The van der Waals surface area contributed by atoms with Gasteiger partial charge in [-0.3, -0.25) is 4.79 Å². The third-order valence-electron chi connectivity index (χ3n) is 6.75. The summed E-state index contributed by atoms with van der Waals surface area (Å²) in [6, 6.07) is 18.1. The maximum atomic E-state index is 13.5. The second-order valence-corrected chi connectivity index (χ2v) is 10.4. The van der Waals surface area contributed by atoms with Gasteiger partial charge in [0.25, 0.3) is 5.91 Å². The van der Waals surface area contributed by atoms with Gasteiger partial charge in [-0.1, -0.05) is 42.5 Å². The number of hydrogen-bond donors (Lipinski definition) is 1. The Bertz CT molecular complexity index is 1270. The lowest BCUT2D eigenvalue weighted by Gasteiger charge is -2.36. The number of amides is 1. The van der Waals surface area contributed by atoms with Gasteiger partial charge in [0.2, 0.25) is 0 Å². The first kappa shape index (κ1) is 23.6. The van der Waals surface area contributed by atoms with Gasteiger partial charge < -0.3 is 33.6 Å². The van der Waals surface area contributed by atoms with Gasteiger partial charge in [-0.05, 0) is 45.4 Å². The van der Waals surface area contributed by atoms with E-state index in [9.17, 15) is 4.79 Å². The molecule has 190 valence electrons. The number of nitrogens with zero attached hydrogens (tertiary/aromatic N) is 2. The van der Waals surface area contributed by atoms with Crippen molar-refractivity contribution in [3.8, 4) is 0 Å². The second-order valence-electron chi connectivity index (χ2n) is 10.4. The third-order valence-corrected chi connectivity index (χ3v) is 6.75. The van der Waals surface area contributed by atoms with Crippen molar-refractivity contribution >= 4 is 16.9 Å². The van der Waals surface area contributed by atoms with Crippen molar-refractivity contribution in [3.05, 3.63) is 66.0 Å². The standard InChI is InChI=1S/C27H31N3O6/c1-26(2)33-20-21(34-26)23-25(36-27(3,4)35-23)32-22(20)24(31)28-14-19-29-17-12-8-9-13-18(17)30(19)15-16-10-6-5-7-11-16/h5-13,20-23,25H,14-15H2,1-4H3,(H,28,31)/t20-,21+,22+,23+,25-/m0/s1. The van der Waals surface area contributed by atoms with E-state index in [4.69, 9.17) is 28.7 Å². The lowest BCUT2D eigenvalue weighted by Crippen LogP contribution is -2.59. The summed E-state index contributed by atoms with van der Waals surface area (Å²) >= 11 is 0. The lowest BCUT2D eigenvalue weighted by molar-refractivity contribution is -0.231. The zero-order valence-electron chi connectivity index (χ0n) is 20.8. The van der Waals surface area contributed by atoms with Crippen LogP contribution in [0.15, 0.2) is 54.6 Å². The quantitative estimate of drug-likeness (QED) is 0.584. The first-order chi connectivity index (χ1) is 17.2. The molecule has 4 heterocycles. The van der Waals surface area contributed by atoms with Crippen molar-refractivity contribution in [3.63, 3.8) is 0 Å². The number of ether oxygens (including phenoxy) is 5. The Morgan fingerprint density at radius 3 is 2.36 bits per heavy atom. The van der Waals surface area contributed by atoms with Gasteiger partial charge in [0.05, 0.1) is 17.6 Å². The molecule has 0 spiro atoms. The molecule has 3 fully saturated rings. The molecule has 0 unspecified atom stereocenters. The van der Waals surface area contributed by atoms with E-state index in [1.54, 1.807) is 0 Å². The molecule has 0 saturated carbocycles. The third kappa shape index (κ3) is 4.31. The van der Waals surface area contributed by atoms with Crippen LogP contribution >= 0.6 is 0 Å². The van der Waals surface area contributed by atoms with Crippen LogP contribution in [0.4, 0.5) is 0 Å². The Morgan fingerprint density at radius 2 is 1.56 bits per heavy atom. The van der Waals surface area contributed by atoms with E-state index >= 15 is 0 Å². The van der Waals surface area contributed by atoms with Crippen LogP contribution in [0.2, 0.25) is 0 Å². The molecule has 0 bridgehead atoms. The van der Waals surface area contributed by atoms with Crippen molar-refractivity contribution < 1.29 is 28.5 Å². The van der Waals surface area contributed by atoms with E-state index in [2.05, 4.69) is 22.0 Å². The molecule has 3 aliphatic rings. The van der Waals surface area contributed by atoms with Gasteiger partial charge in [0.15, 0.2) is 24.0 Å². The predicted molar refractivity (Wildman–Crippen MR) is 130 cm³/mol. The Hall–Kier alpha value is -2.82. The molecule has 1 aromatic heterocycles. The van der Waals surface area contributed by atoms with E-state index < -0.39 is 42.3 Å². The van der Waals surface area contributed by atoms with E-state index in [0.29, 0.717) is 6.54 Å². The number of hydrogen-bond acceptors (Lipinski definition) is 7. The zero-order valence-corrected chi connectivity index (χ0v) is 20.8. The molecule has 6 rings (SSSR count). The molecule has 5 atom stereocenters. The van der Waals surface area contributed by atoms with Crippen LogP contribution in [0.5, 0.6) is 0 Å². The highest BCUT2D eigenvalue weighted by atomic mass is 16.9. The Kier molecular flexibility index (Phi) is 5.66. The normalized spacial score (nSPS) is 30.2. The van der Waals surface area contributed by atoms with Crippen molar-refractivity contribution in [2.75, 3.05) is 0 Å². The molecule has 0 aliphatic carbocycles. The summed E-state index contributed by atoms with van der Waals surface area (Å²) < 4.78 is 32.4. The average molecular weight is 494 g/mol.